The number of nitrogens with one attached hydrogen (secondary N) is 1. The van der Waals surface area contributed by atoms with E-state index in [1.54, 1.807) is 6.92 Å². The molecule has 0 radical (unpaired) electrons. The molecule has 6 heteroatoms. The minimum absolute atomic E-state index is 0.0974. The van der Waals surface area contributed by atoms with Gasteiger partial charge >= 0.3 is 0 Å². The Kier molecular flexibility index (Phi) is 3.80. The normalized spacial score (nSPS) is 27.6. The number of rotatable bonds is 4. The summed E-state index contributed by atoms with van der Waals surface area (Å²) in [6.07, 6.45) is 6.21. The maximum atomic E-state index is 10.9. The zero-order chi connectivity index (χ0) is 15.0. The van der Waals surface area contributed by atoms with Crippen molar-refractivity contribution in [1.82, 2.24) is 10.3 Å². The summed E-state index contributed by atoms with van der Waals surface area (Å²) in [7, 11) is 0. The highest BCUT2D eigenvalue weighted by Crippen LogP contribution is 2.32. The first-order chi connectivity index (χ1) is 10.1. The first-order valence-electron chi connectivity index (χ1n) is 7.72. The zero-order valence-corrected chi connectivity index (χ0v) is 12.6. The summed E-state index contributed by atoms with van der Waals surface area (Å²) < 4.78 is 0. The van der Waals surface area contributed by atoms with Crippen molar-refractivity contribution in [2.45, 2.75) is 57.7 Å². The van der Waals surface area contributed by atoms with Crippen molar-refractivity contribution in [2.75, 3.05) is 11.4 Å². The van der Waals surface area contributed by atoms with Crippen molar-refractivity contribution in [3.63, 3.8) is 0 Å². The minimum Gasteiger partial charge on any atom is -0.354 e. The predicted molar refractivity (Wildman–Crippen MR) is 81.6 cm³/mol. The average molecular weight is 290 g/mol. The van der Waals surface area contributed by atoms with Crippen LogP contribution >= 0.6 is 0 Å². The lowest BCUT2D eigenvalue weighted by atomic mass is 9.98. The third-order valence-corrected chi connectivity index (χ3v) is 4.79. The van der Waals surface area contributed by atoms with Crippen molar-refractivity contribution < 1.29 is 4.92 Å². The zero-order valence-electron chi connectivity index (χ0n) is 12.6. The van der Waals surface area contributed by atoms with Crippen molar-refractivity contribution in [2.24, 2.45) is 0 Å². The van der Waals surface area contributed by atoms with Gasteiger partial charge in [-0.15, -0.1) is 0 Å². The van der Waals surface area contributed by atoms with Crippen LogP contribution in [0.25, 0.3) is 0 Å². The predicted octanol–water partition coefficient (Wildman–Crippen LogP) is 2.41. The number of hydrogen-bond acceptors (Lipinski definition) is 5. The van der Waals surface area contributed by atoms with Crippen LogP contribution in [0.3, 0.4) is 0 Å². The summed E-state index contributed by atoms with van der Waals surface area (Å²) in [4.78, 5) is 17.2. The molecule has 21 heavy (non-hydrogen) atoms. The molecule has 3 heterocycles. The second-order valence-corrected chi connectivity index (χ2v) is 6.14. The lowest BCUT2D eigenvalue weighted by Crippen LogP contribution is -2.48. The van der Waals surface area contributed by atoms with Crippen LogP contribution in [0.4, 0.5) is 11.5 Å². The summed E-state index contributed by atoms with van der Waals surface area (Å²) in [6.45, 7) is 4.79. The van der Waals surface area contributed by atoms with E-state index in [-0.39, 0.29) is 10.6 Å². The van der Waals surface area contributed by atoms with Crippen LogP contribution in [0, 0.1) is 17.0 Å². The van der Waals surface area contributed by atoms with Crippen LogP contribution in [0.15, 0.2) is 12.3 Å². The summed E-state index contributed by atoms with van der Waals surface area (Å²) >= 11 is 0. The Bertz CT molecular complexity index is 536. The molecule has 114 valence electrons. The number of fused-ring (bicyclic) bond motifs is 2. The van der Waals surface area contributed by atoms with E-state index in [4.69, 9.17) is 0 Å². The minimum atomic E-state index is -0.368. The molecule has 2 atom stereocenters. The first kappa shape index (κ1) is 14.3. The van der Waals surface area contributed by atoms with E-state index in [1.165, 1.54) is 19.0 Å². The third-order valence-electron chi connectivity index (χ3n) is 4.79. The first-order valence-corrected chi connectivity index (χ1v) is 7.72. The van der Waals surface area contributed by atoms with E-state index in [9.17, 15) is 10.1 Å². The molecule has 2 bridgehead atoms. The fraction of sp³-hybridized carbons (Fsp3) is 0.667. The Morgan fingerprint density at radius 2 is 2.10 bits per heavy atom. The van der Waals surface area contributed by atoms with Gasteiger partial charge in [0.25, 0.3) is 5.69 Å². The van der Waals surface area contributed by atoms with Crippen LogP contribution in [0.2, 0.25) is 0 Å². The highest BCUT2D eigenvalue weighted by molar-refractivity contribution is 5.49. The van der Waals surface area contributed by atoms with Crippen molar-refractivity contribution in [3.05, 3.63) is 27.9 Å². The van der Waals surface area contributed by atoms with E-state index in [0.29, 0.717) is 23.7 Å². The summed E-state index contributed by atoms with van der Waals surface area (Å²) in [6, 6.07) is 3.59. The van der Waals surface area contributed by atoms with Crippen LogP contribution in [0.5, 0.6) is 0 Å². The van der Waals surface area contributed by atoms with Gasteiger partial charge in [0, 0.05) is 30.2 Å². The van der Waals surface area contributed by atoms with E-state index in [1.807, 2.05) is 6.07 Å². The molecule has 2 aliphatic heterocycles. The van der Waals surface area contributed by atoms with Crippen LogP contribution in [0.1, 0.15) is 38.2 Å². The fourth-order valence-electron chi connectivity index (χ4n) is 3.77. The molecule has 2 aliphatic rings. The molecule has 3 rings (SSSR count). The molecule has 0 saturated carbocycles. The molecule has 0 aliphatic carbocycles. The second kappa shape index (κ2) is 5.60. The number of nitrogens with zero attached hydrogens (tertiary/aromatic N) is 3. The van der Waals surface area contributed by atoms with Crippen molar-refractivity contribution in [3.8, 4) is 0 Å². The number of hydrogen-bond donors (Lipinski definition) is 1. The molecule has 2 saturated heterocycles. The molecule has 6 nitrogen and oxygen atoms in total. The Morgan fingerprint density at radius 1 is 1.43 bits per heavy atom. The Hall–Kier alpha value is -1.69. The van der Waals surface area contributed by atoms with Gasteiger partial charge in [0.2, 0.25) is 0 Å². The molecule has 1 aromatic rings. The highest BCUT2D eigenvalue weighted by Gasteiger charge is 2.36. The fourth-order valence-corrected chi connectivity index (χ4v) is 3.77. The molecule has 0 aromatic carbocycles. The van der Waals surface area contributed by atoms with E-state index in [0.717, 1.165) is 25.2 Å². The second-order valence-electron chi connectivity index (χ2n) is 6.14. The molecule has 2 fully saturated rings. The Labute approximate surface area is 124 Å². The molecule has 1 N–H and O–H groups in total. The molecule has 2 unspecified atom stereocenters. The number of nitro groups is 1. The van der Waals surface area contributed by atoms with Crippen molar-refractivity contribution >= 4 is 11.5 Å². The number of anilines is 1. The Morgan fingerprint density at radius 3 is 2.62 bits per heavy atom. The SMILES string of the molecule is CCN(c1cc(C)c([N+](=O)[O-])cn1)C1CC2CCC(C1)N2. The average Bonchev–Trinajstić information content (AvgIpc) is 2.78. The number of aryl methyl sites for hydroxylation is 1. The number of piperidine rings is 1. The standard InChI is InChI=1S/C15H22N4O2/c1-3-18(13-7-11-4-5-12(8-13)17-11)15-6-10(2)14(9-16-15)19(20)21/h6,9,11-13,17H,3-5,7-8H2,1-2H3. The van der Waals surface area contributed by atoms with Gasteiger partial charge in [0.15, 0.2) is 0 Å². The maximum Gasteiger partial charge on any atom is 0.290 e. The largest absolute Gasteiger partial charge is 0.354 e. The smallest absolute Gasteiger partial charge is 0.290 e. The molecular formula is C15H22N4O2. The van der Waals surface area contributed by atoms with Gasteiger partial charge in [-0.2, -0.15) is 0 Å². The number of pyridine rings is 1. The van der Waals surface area contributed by atoms with Gasteiger partial charge in [-0.25, -0.2) is 4.98 Å². The third kappa shape index (κ3) is 2.72. The van der Waals surface area contributed by atoms with Gasteiger partial charge < -0.3 is 10.2 Å². The summed E-state index contributed by atoms with van der Waals surface area (Å²) in [5.41, 5.74) is 0.778. The highest BCUT2D eigenvalue weighted by atomic mass is 16.6. The monoisotopic (exact) mass is 290 g/mol. The summed E-state index contributed by atoms with van der Waals surface area (Å²) in [5, 5.41) is 14.6. The van der Waals surface area contributed by atoms with Crippen LogP contribution < -0.4 is 10.2 Å². The lowest BCUT2D eigenvalue weighted by Gasteiger charge is -2.38. The number of aromatic nitrogens is 1. The van der Waals surface area contributed by atoms with Gasteiger partial charge in [0.1, 0.15) is 12.0 Å². The van der Waals surface area contributed by atoms with Crippen LogP contribution in [-0.2, 0) is 0 Å². The van der Waals surface area contributed by atoms with Gasteiger partial charge in [-0.1, -0.05) is 0 Å². The van der Waals surface area contributed by atoms with E-state index < -0.39 is 0 Å². The maximum absolute atomic E-state index is 10.9. The van der Waals surface area contributed by atoms with Gasteiger partial charge in [-0.3, -0.25) is 10.1 Å². The van der Waals surface area contributed by atoms with Gasteiger partial charge in [-0.05, 0) is 45.6 Å². The topological polar surface area (TPSA) is 71.3 Å². The molecular weight excluding hydrogens is 268 g/mol. The van der Waals surface area contributed by atoms with E-state index in [2.05, 4.69) is 22.1 Å². The quantitative estimate of drug-likeness (QED) is 0.681. The van der Waals surface area contributed by atoms with Gasteiger partial charge in [0.05, 0.1) is 4.92 Å². The Balaban J connectivity index is 1.83. The summed E-state index contributed by atoms with van der Waals surface area (Å²) in [5.74, 6) is 0.868. The van der Waals surface area contributed by atoms with Crippen molar-refractivity contribution in [1.29, 1.82) is 0 Å². The van der Waals surface area contributed by atoms with Crippen LogP contribution in [-0.4, -0.2) is 34.6 Å². The van der Waals surface area contributed by atoms with E-state index >= 15 is 0 Å². The molecule has 1 aromatic heterocycles. The molecule has 0 spiro atoms. The lowest BCUT2D eigenvalue weighted by molar-refractivity contribution is -0.385. The molecule has 0 amide bonds.